The molecule has 8 nitrogen and oxygen atoms in total. The Bertz CT molecular complexity index is 1230. The van der Waals surface area contributed by atoms with Crippen LogP contribution in [0.5, 0.6) is 0 Å². The van der Waals surface area contributed by atoms with Crippen molar-refractivity contribution in [1.29, 1.82) is 5.26 Å². The Morgan fingerprint density at radius 1 is 1.20 bits per heavy atom. The number of amides is 1. The molecular formula is C22H21N7O. The van der Waals surface area contributed by atoms with Crippen molar-refractivity contribution >= 4 is 22.5 Å². The number of aromatic amines is 1. The molecule has 0 bridgehead atoms. The van der Waals surface area contributed by atoms with E-state index in [0.29, 0.717) is 0 Å². The summed E-state index contributed by atoms with van der Waals surface area (Å²) in [5.41, 5.74) is 3.59. The summed E-state index contributed by atoms with van der Waals surface area (Å²) in [6.07, 6.45) is 6.81. The summed E-state index contributed by atoms with van der Waals surface area (Å²) < 4.78 is 1.72. The Hall–Kier alpha value is -3.73. The molecule has 0 saturated heterocycles. The van der Waals surface area contributed by atoms with Gasteiger partial charge in [-0.15, -0.1) is 5.10 Å². The molecule has 1 fully saturated rings. The lowest BCUT2D eigenvalue weighted by atomic mass is 9.79. The molecular weight excluding hydrogens is 378 g/mol. The highest BCUT2D eigenvalue weighted by atomic mass is 16.1. The maximum Gasteiger partial charge on any atom is 0.224 e. The van der Waals surface area contributed by atoms with E-state index in [0.717, 1.165) is 53.5 Å². The second-order valence-electron chi connectivity index (χ2n) is 7.78. The summed E-state index contributed by atoms with van der Waals surface area (Å²) in [5, 5.41) is 22.1. The number of H-pyrrole nitrogens is 1. The SMILES string of the molecule is N#CC(NC(=O)C1CCC(c2nnn3cnc4[nH]ccc4c23)CC1)c1ccccc1. The largest absolute Gasteiger partial charge is 0.346 e. The van der Waals surface area contributed by atoms with Gasteiger partial charge in [-0.05, 0) is 37.3 Å². The van der Waals surface area contributed by atoms with E-state index in [-0.39, 0.29) is 17.7 Å². The minimum Gasteiger partial charge on any atom is -0.346 e. The number of hydrogen-bond donors (Lipinski definition) is 2. The molecule has 5 rings (SSSR count). The summed E-state index contributed by atoms with van der Waals surface area (Å²) >= 11 is 0. The second kappa shape index (κ2) is 7.59. The van der Waals surface area contributed by atoms with Crippen LogP contribution in [0.25, 0.3) is 16.6 Å². The van der Waals surface area contributed by atoms with E-state index in [4.69, 9.17) is 0 Å². The highest BCUT2D eigenvalue weighted by Crippen LogP contribution is 2.38. The van der Waals surface area contributed by atoms with E-state index in [1.165, 1.54) is 0 Å². The Balaban J connectivity index is 1.29. The van der Waals surface area contributed by atoms with Crippen molar-refractivity contribution in [2.45, 2.75) is 37.6 Å². The number of hydrogen-bond acceptors (Lipinski definition) is 5. The lowest BCUT2D eigenvalue weighted by molar-refractivity contribution is -0.126. The third-order valence-corrected chi connectivity index (χ3v) is 6.03. The first-order chi connectivity index (χ1) is 14.7. The highest BCUT2D eigenvalue weighted by Gasteiger charge is 2.31. The van der Waals surface area contributed by atoms with Gasteiger partial charge in [-0.3, -0.25) is 4.79 Å². The summed E-state index contributed by atoms with van der Waals surface area (Å²) in [7, 11) is 0. The third-order valence-electron chi connectivity index (χ3n) is 6.03. The molecule has 1 aliphatic rings. The minimum absolute atomic E-state index is 0.0473. The molecule has 1 amide bonds. The Labute approximate surface area is 172 Å². The van der Waals surface area contributed by atoms with Crippen molar-refractivity contribution in [3.63, 3.8) is 0 Å². The van der Waals surface area contributed by atoms with Crippen LogP contribution in [0.2, 0.25) is 0 Å². The standard InChI is InChI=1S/C22H21N7O/c23-12-18(14-4-2-1-3-5-14)26-22(30)16-8-6-15(7-9-16)19-20-17-10-11-24-21(17)25-13-29(20)28-27-19/h1-5,10-11,13,15-16,18,24H,6-9H2,(H,26,30). The van der Waals surface area contributed by atoms with Crippen LogP contribution in [0.1, 0.15) is 48.9 Å². The van der Waals surface area contributed by atoms with Crippen LogP contribution < -0.4 is 5.32 Å². The average Bonchev–Trinajstić information content (AvgIpc) is 3.44. The second-order valence-corrected chi connectivity index (χ2v) is 7.78. The van der Waals surface area contributed by atoms with Crippen molar-refractivity contribution in [3.05, 3.63) is 60.2 Å². The molecule has 8 heteroatoms. The lowest BCUT2D eigenvalue weighted by Crippen LogP contribution is -2.35. The number of aromatic nitrogens is 5. The van der Waals surface area contributed by atoms with E-state index in [1.54, 1.807) is 10.8 Å². The van der Waals surface area contributed by atoms with Crippen LogP contribution in [0, 0.1) is 17.2 Å². The van der Waals surface area contributed by atoms with Gasteiger partial charge in [0.05, 0.1) is 11.8 Å². The normalized spacial score (nSPS) is 20.1. The van der Waals surface area contributed by atoms with Gasteiger partial charge in [-0.2, -0.15) is 5.26 Å². The molecule has 0 radical (unpaired) electrons. The molecule has 4 aromatic rings. The van der Waals surface area contributed by atoms with Crippen LogP contribution in [-0.4, -0.2) is 30.7 Å². The van der Waals surface area contributed by atoms with Crippen LogP contribution in [0.15, 0.2) is 48.9 Å². The molecule has 2 N–H and O–H groups in total. The first kappa shape index (κ1) is 18.3. The fourth-order valence-electron chi connectivity index (χ4n) is 4.42. The monoisotopic (exact) mass is 399 g/mol. The van der Waals surface area contributed by atoms with E-state index in [2.05, 4.69) is 31.7 Å². The van der Waals surface area contributed by atoms with Gasteiger partial charge < -0.3 is 10.3 Å². The van der Waals surface area contributed by atoms with Crippen molar-refractivity contribution in [2.24, 2.45) is 5.92 Å². The zero-order chi connectivity index (χ0) is 20.5. The quantitative estimate of drug-likeness (QED) is 0.547. The zero-order valence-electron chi connectivity index (χ0n) is 16.3. The molecule has 1 atom stereocenters. The third kappa shape index (κ3) is 3.18. The van der Waals surface area contributed by atoms with Gasteiger partial charge in [-0.1, -0.05) is 35.5 Å². The predicted molar refractivity (Wildman–Crippen MR) is 110 cm³/mol. The highest BCUT2D eigenvalue weighted by molar-refractivity contribution is 5.92. The minimum atomic E-state index is -0.618. The molecule has 0 aliphatic heterocycles. The van der Waals surface area contributed by atoms with Crippen molar-refractivity contribution in [1.82, 2.24) is 30.1 Å². The number of rotatable bonds is 4. The number of benzene rings is 1. The van der Waals surface area contributed by atoms with Crippen LogP contribution in [0.3, 0.4) is 0 Å². The van der Waals surface area contributed by atoms with Gasteiger partial charge in [-0.25, -0.2) is 9.50 Å². The summed E-state index contributed by atoms with van der Waals surface area (Å²) in [6.45, 7) is 0. The maximum absolute atomic E-state index is 12.8. The molecule has 0 spiro atoms. The Kier molecular flexibility index (Phi) is 4.64. The molecule has 150 valence electrons. The van der Waals surface area contributed by atoms with E-state index in [9.17, 15) is 10.1 Å². The van der Waals surface area contributed by atoms with Gasteiger partial charge in [0.1, 0.15) is 23.5 Å². The lowest BCUT2D eigenvalue weighted by Gasteiger charge is -2.27. The molecule has 1 aromatic carbocycles. The summed E-state index contributed by atoms with van der Waals surface area (Å²) in [4.78, 5) is 20.3. The smallest absolute Gasteiger partial charge is 0.224 e. The molecule has 1 saturated carbocycles. The molecule has 3 aromatic heterocycles. The maximum atomic E-state index is 12.8. The first-order valence-corrected chi connectivity index (χ1v) is 10.2. The average molecular weight is 399 g/mol. The van der Waals surface area contributed by atoms with E-state index in [1.807, 2.05) is 42.6 Å². The van der Waals surface area contributed by atoms with Gasteiger partial charge in [0.15, 0.2) is 0 Å². The number of nitrogens with zero attached hydrogens (tertiary/aromatic N) is 5. The van der Waals surface area contributed by atoms with Gasteiger partial charge in [0.2, 0.25) is 5.91 Å². The first-order valence-electron chi connectivity index (χ1n) is 10.2. The molecule has 30 heavy (non-hydrogen) atoms. The Morgan fingerprint density at radius 3 is 2.77 bits per heavy atom. The van der Waals surface area contributed by atoms with E-state index >= 15 is 0 Å². The topological polar surface area (TPSA) is 112 Å². The van der Waals surface area contributed by atoms with Gasteiger partial charge in [0.25, 0.3) is 0 Å². The Morgan fingerprint density at radius 2 is 2.00 bits per heavy atom. The predicted octanol–water partition coefficient (Wildman–Crippen LogP) is 3.26. The van der Waals surface area contributed by atoms with Crippen LogP contribution in [0.4, 0.5) is 0 Å². The summed E-state index contributed by atoms with van der Waals surface area (Å²) in [5.74, 6) is 0.124. The fourth-order valence-corrected chi connectivity index (χ4v) is 4.42. The van der Waals surface area contributed by atoms with Crippen molar-refractivity contribution < 1.29 is 4.79 Å². The van der Waals surface area contributed by atoms with E-state index < -0.39 is 6.04 Å². The number of nitrogens with one attached hydrogen (secondary N) is 2. The van der Waals surface area contributed by atoms with Crippen LogP contribution in [-0.2, 0) is 4.79 Å². The number of nitriles is 1. The van der Waals surface area contributed by atoms with Gasteiger partial charge >= 0.3 is 0 Å². The zero-order valence-corrected chi connectivity index (χ0v) is 16.3. The molecule has 3 heterocycles. The van der Waals surface area contributed by atoms with Crippen molar-refractivity contribution in [3.8, 4) is 6.07 Å². The molecule has 1 aliphatic carbocycles. The number of fused-ring (bicyclic) bond motifs is 3. The van der Waals surface area contributed by atoms with Crippen molar-refractivity contribution in [2.75, 3.05) is 0 Å². The number of carbonyl (C=O) groups is 1. The summed E-state index contributed by atoms with van der Waals surface area (Å²) in [6, 6.07) is 12.9. The fraction of sp³-hybridized carbons (Fsp3) is 0.318. The van der Waals surface area contributed by atoms with Crippen LogP contribution >= 0.6 is 0 Å². The number of carbonyl (C=O) groups excluding carboxylic acids is 1. The van der Waals surface area contributed by atoms with Gasteiger partial charge in [0, 0.05) is 23.4 Å². The molecule has 1 unspecified atom stereocenters.